The maximum Gasteiger partial charge on any atom is 2.00 e. The van der Waals surface area contributed by atoms with Crippen LogP contribution in [0.25, 0.3) is 4.85 Å². The van der Waals surface area contributed by atoms with Gasteiger partial charge in [0, 0.05) is 63.9 Å². The molecule has 0 radical (unpaired) electrons. The molecule has 0 spiro atoms. The van der Waals surface area contributed by atoms with Gasteiger partial charge in [0.05, 0.1) is 83.0 Å². The fourth-order valence-corrected chi connectivity index (χ4v) is 10.5. The number of hydrogen-bond donors (Lipinski definition) is 7. The summed E-state index contributed by atoms with van der Waals surface area (Å²) in [5, 5.41) is 55.3. The molecule has 0 aromatic heterocycles. The number of benzene rings is 5. The van der Waals surface area contributed by atoms with Gasteiger partial charge in [-0.2, -0.15) is 33.1 Å². The number of rotatable bonds is 18. The average molecular weight is 1630 g/mol. The van der Waals surface area contributed by atoms with Gasteiger partial charge < -0.3 is 32.2 Å². The first kappa shape index (κ1) is 106. The van der Waals surface area contributed by atoms with E-state index in [1.807, 2.05) is 98.2 Å². The van der Waals surface area contributed by atoms with Crippen LogP contribution in [0.15, 0.2) is 114 Å². The van der Waals surface area contributed by atoms with E-state index >= 15 is 0 Å². The van der Waals surface area contributed by atoms with Crippen LogP contribution in [0.5, 0.6) is 0 Å². The summed E-state index contributed by atoms with van der Waals surface area (Å²) in [6.45, 7) is 44.2. The van der Waals surface area contributed by atoms with Crippen LogP contribution in [-0.2, 0) is 60.2 Å². The molecule has 5 aromatic rings. The number of Topliss-reactive ketones (excluding diaryl/α,β-unsaturated/α-hetero) is 1. The monoisotopic (exact) mass is 1620 g/mol. The van der Waals surface area contributed by atoms with E-state index in [1.165, 1.54) is 50.7 Å². The first-order valence-electron chi connectivity index (χ1n) is 34.7. The molecule has 9 N–H and O–H groups in total. The van der Waals surface area contributed by atoms with Gasteiger partial charge >= 0.3 is 23.1 Å². The number of nitrogens with two attached hydrogens (primary N) is 2. The third-order valence-electron chi connectivity index (χ3n) is 14.6. The Bertz CT molecular complexity index is 3460. The molecule has 0 bridgehead atoms. The number of aliphatic hydroxyl groups is 4. The Hall–Kier alpha value is -4.24. The van der Waals surface area contributed by atoms with Crippen LogP contribution < -0.4 is 20.2 Å². The third kappa shape index (κ3) is 48.2. The molecule has 25 heteroatoms. The van der Waals surface area contributed by atoms with Gasteiger partial charge in [-0.3, -0.25) is 9.93 Å². The summed E-state index contributed by atoms with van der Waals surface area (Å²) < 4.78 is 71.9. The molecule has 0 heterocycles. The zero-order chi connectivity index (χ0) is 77.8. The van der Waals surface area contributed by atoms with Crippen LogP contribution in [-0.4, -0.2) is 122 Å². The second-order valence-electron chi connectivity index (χ2n) is 30.3. The zero-order valence-corrected chi connectivity index (χ0v) is 74.0. The number of anilines is 2. The largest absolute Gasteiger partial charge is 2.00 e. The number of aliphatic hydroxyl groups excluding tert-OH is 4. The van der Waals surface area contributed by atoms with E-state index in [0.717, 1.165) is 65.5 Å². The standard InChI is InChI=1S/C23H28FN3OS.C17H22N2OS.C13H13NO.C10H15FNSi.C4H11NOS.4C3H8O.BrH.Mg.Ti.H/c1-22(2,3)29(28)27-23(13-12-16-4-5-16,18-8-6-17(15-25)7-9-18)19-10-11-20(24)21(26)14-19;1-17(2,3)21(20)19-16(11-8-13-4-5-13)15-9-6-14(12-18)7-10-15;1-14-12-7-5-11(6-8-12)13(15)9-4-10-2-3-10;1-12(13(2,3)4)10-8-6-5-7-9(10)11;1-4(2,3)7(5)6;4*1-3(2)4;;;;/h6-11,14,16,27H,4-5,12-13,26H2,1-3H3;6-7,9-10,13H,4-5,8,11H2,1-3H3;5-8,10H,2-4,9H2;5,7-8H,1-4H3;5H2,1-3H3;4*3-4H,1-2H3;1H;;;/q;;;-1;;;;;;;+2;;-1/t23?,29-;;;;7-;;;;;;;;/m0...0......../s1. The van der Waals surface area contributed by atoms with E-state index in [1.54, 1.807) is 128 Å². The molecule has 4 atom stereocenters. The summed E-state index contributed by atoms with van der Waals surface area (Å²) in [6, 6.07) is 38.2. The average Bonchev–Trinajstić information content (AvgIpc) is 1.72. The summed E-state index contributed by atoms with van der Waals surface area (Å²) in [4.78, 5) is 15.0. The number of ketones is 1. The molecule has 0 aliphatic heterocycles. The first-order chi connectivity index (χ1) is 46.6. The number of nitriles is 2. The van der Waals surface area contributed by atoms with Crippen molar-refractivity contribution in [2.75, 3.05) is 17.3 Å². The molecule has 3 fully saturated rings. The summed E-state index contributed by atoms with van der Waals surface area (Å²) in [6.07, 6.45) is 12.3. The SMILES string of the molecule is Br.CC(C)(C)S(=O)N=C(CCC1CC1)c1ccc(C#N)cc1.CC(C)(C)[S@@](N)=O.CC(C)(C)[S@](=O)NC(CCC1CC1)(c1ccc(C#N)cc1)c1ccc(F)c(N)c1.CC(C)O.CC(C)O.CC(C)O.CC(C)O.CN(c1c[c-]ccc1F)[Si](C)(C)C.[C-]#[N+]c1ccc(C(=O)CCC2CC2)cc1.[H-].[Mg+2].[Ti]. The normalized spacial score (nSPS) is 14.4. The molecule has 0 amide bonds. The van der Waals surface area contributed by atoms with E-state index in [4.69, 9.17) is 43.1 Å². The number of nitrogens with one attached hydrogen (secondary N) is 1. The molecular formula is C79H123BrF2MgN8O8S3SiTi. The van der Waals surface area contributed by atoms with Gasteiger partial charge in [0.25, 0.3) is 0 Å². The van der Waals surface area contributed by atoms with Gasteiger partial charge in [-0.05, 0) is 233 Å². The molecule has 3 aliphatic rings. The minimum atomic E-state index is -1.46. The summed E-state index contributed by atoms with van der Waals surface area (Å²) in [7, 11) is -3.32. The maximum absolute atomic E-state index is 13.9. The van der Waals surface area contributed by atoms with E-state index in [-0.39, 0.29) is 114 Å². The van der Waals surface area contributed by atoms with Gasteiger partial charge in [-0.15, -0.1) is 23.0 Å². The first-order valence-corrected chi connectivity index (χ1v) is 41.6. The van der Waals surface area contributed by atoms with Crippen molar-refractivity contribution in [1.82, 2.24) is 4.72 Å². The molecule has 576 valence electrons. The number of halogens is 3. The quantitative estimate of drug-likeness (QED) is 0.0142. The number of nitrogens with zero attached hydrogens (tertiary/aromatic N) is 5. The Labute approximate surface area is 676 Å². The van der Waals surface area contributed by atoms with Crippen molar-refractivity contribution in [1.29, 1.82) is 10.5 Å². The van der Waals surface area contributed by atoms with Crippen molar-refractivity contribution in [3.63, 3.8) is 0 Å². The van der Waals surface area contributed by atoms with Crippen LogP contribution in [0.3, 0.4) is 0 Å². The van der Waals surface area contributed by atoms with Crippen LogP contribution in [0.4, 0.5) is 25.8 Å². The predicted octanol–water partition coefficient (Wildman–Crippen LogP) is 17.5. The summed E-state index contributed by atoms with van der Waals surface area (Å²) in [5.74, 6) is 1.85. The van der Waals surface area contributed by atoms with Crippen molar-refractivity contribution in [2.45, 2.75) is 259 Å². The fourth-order valence-electron chi connectivity index (χ4n) is 7.99. The van der Waals surface area contributed by atoms with Crippen molar-refractivity contribution in [3.8, 4) is 12.1 Å². The van der Waals surface area contributed by atoms with Crippen LogP contribution in [0.2, 0.25) is 19.6 Å². The van der Waals surface area contributed by atoms with Gasteiger partial charge in [-0.1, -0.05) is 113 Å². The Kier molecular flexibility index (Phi) is 53.8. The molecule has 16 nitrogen and oxygen atoms in total. The number of nitrogen functional groups attached to an aromatic ring is 1. The minimum absolute atomic E-state index is 0. The van der Waals surface area contributed by atoms with Gasteiger partial charge in [-0.25, -0.2) is 31.0 Å². The minimum Gasteiger partial charge on any atom is -1.00 e. The number of hydrogen-bond acceptors (Lipinski definition) is 12. The van der Waals surface area contributed by atoms with E-state index in [9.17, 15) is 31.5 Å². The van der Waals surface area contributed by atoms with E-state index < -0.39 is 57.3 Å². The van der Waals surface area contributed by atoms with Crippen molar-refractivity contribution >= 4 is 110 Å². The fraction of sp³-hybridized carbons (Fsp3) is 0.557. The molecule has 104 heavy (non-hydrogen) atoms. The third-order valence-corrected chi connectivity index (χ3v) is 21.1. The molecule has 0 saturated heterocycles. The molecule has 2 unspecified atom stereocenters. The molecular weight excluding hydrogens is 1500 g/mol. The van der Waals surface area contributed by atoms with Gasteiger partial charge in [0.2, 0.25) is 0 Å². The topological polar surface area (TPSA) is 281 Å². The summed E-state index contributed by atoms with van der Waals surface area (Å²) in [5.41, 5.74) is 11.9. The molecule has 3 aliphatic carbocycles. The Morgan fingerprint density at radius 3 is 1.42 bits per heavy atom. The second kappa shape index (κ2) is 52.8. The Morgan fingerprint density at radius 1 is 0.673 bits per heavy atom. The summed E-state index contributed by atoms with van der Waals surface area (Å²) >= 11 is 0. The molecule has 3 saturated carbocycles. The van der Waals surface area contributed by atoms with Gasteiger partial charge in [0.15, 0.2) is 11.5 Å². The van der Waals surface area contributed by atoms with Crippen LogP contribution in [0.1, 0.15) is 234 Å². The van der Waals surface area contributed by atoms with E-state index in [0.29, 0.717) is 41.3 Å². The van der Waals surface area contributed by atoms with Crippen molar-refractivity contribution < 1.29 is 69.8 Å². The van der Waals surface area contributed by atoms with Crippen LogP contribution in [0, 0.1) is 64.7 Å². The number of carbonyl (C=O) groups is 1. The smallest absolute Gasteiger partial charge is 1.00 e. The number of carbonyl (C=O) groups excluding carboxylic acids is 1. The second-order valence-corrected chi connectivity index (χ2v) is 41.0. The molecule has 5 aromatic carbocycles. The van der Waals surface area contributed by atoms with E-state index in [2.05, 4.69) is 51.8 Å². The Balaban J connectivity index is -0.000000390. The maximum atomic E-state index is 13.9. The van der Waals surface area contributed by atoms with Gasteiger partial charge in [0.1, 0.15) is 25.0 Å². The van der Waals surface area contributed by atoms with Crippen molar-refractivity contribution in [2.24, 2.45) is 27.3 Å². The predicted molar refractivity (Wildman–Crippen MR) is 438 cm³/mol. The molecule has 8 rings (SSSR count). The van der Waals surface area contributed by atoms with Crippen LogP contribution >= 0.6 is 17.0 Å². The Morgan fingerprint density at radius 2 is 1.07 bits per heavy atom. The van der Waals surface area contributed by atoms with Crippen molar-refractivity contribution in [3.05, 3.63) is 172 Å². The zero-order valence-electron chi connectivity index (χ0n) is 66.8.